The minimum Gasteiger partial charge on any atom is -0.313 e. The first-order valence-electron chi connectivity index (χ1n) is 6.11. The van der Waals surface area contributed by atoms with Crippen molar-refractivity contribution in [2.75, 3.05) is 6.54 Å². The molecule has 0 spiro atoms. The number of hydrogen-bond acceptors (Lipinski definition) is 2. The topological polar surface area (TPSA) is 12.0 Å². The Labute approximate surface area is 122 Å². The fourth-order valence-corrected chi connectivity index (χ4v) is 2.80. The van der Waals surface area contributed by atoms with Crippen molar-refractivity contribution in [1.29, 1.82) is 0 Å². The molecule has 1 N–H and O–H groups in total. The Kier molecular flexibility index (Phi) is 5.25. The Morgan fingerprint density at radius 3 is 2.42 bits per heavy atom. The van der Waals surface area contributed by atoms with Crippen LogP contribution in [0.15, 0.2) is 52.3 Å². The van der Waals surface area contributed by atoms with Gasteiger partial charge in [0.1, 0.15) is 5.82 Å². The summed E-state index contributed by atoms with van der Waals surface area (Å²) in [5.41, 5.74) is 1.09. The summed E-state index contributed by atoms with van der Waals surface area (Å²) in [5, 5.41) is 4.01. The third kappa shape index (κ3) is 4.23. The van der Waals surface area contributed by atoms with Gasteiger partial charge in [-0.2, -0.15) is 0 Å². The zero-order chi connectivity index (χ0) is 13.7. The van der Waals surface area contributed by atoms with Gasteiger partial charge in [-0.15, -0.1) is 0 Å². The van der Waals surface area contributed by atoms with Gasteiger partial charge in [-0.05, 0) is 48.5 Å². The molecule has 0 saturated heterocycles. The zero-order valence-corrected chi connectivity index (χ0v) is 12.2. The first-order chi connectivity index (χ1) is 9.19. The Morgan fingerprint density at radius 2 is 1.79 bits per heavy atom. The monoisotopic (exact) mass is 295 g/mol. The second-order valence-electron chi connectivity index (χ2n) is 4.09. The van der Waals surface area contributed by atoms with Gasteiger partial charge in [0.05, 0.1) is 0 Å². The molecule has 19 heavy (non-hydrogen) atoms. The van der Waals surface area contributed by atoms with Crippen molar-refractivity contribution in [2.24, 2.45) is 0 Å². The molecule has 0 aromatic heterocycles. The van der Waals surface area contributed by atoms with Crippen LogP contribution < -0.4 is 5.32 Å². The molecule has 0 fully saturated rings. The van der Waals surface area contributed by atoms with Crippen LogP contribution in [-0.2, 0) is 6.54 Å². The summed E-state index contributed by atoms with van der Waals surface area (Å²) >= 11 is 7.81. The number of nitrogens with one attached hydrogen (secondary N) is 1. The lowest BCUT2D eigenvalue weighted by Gasteiger charge is -2.07. The van der Waals surface area contributed by atoms with E-state index in [1.54, 1.807) is 23.9 Å². The van der Waals surface area contributed by atoms with E-state index < -0.39 is 0 Å². The van der Waals surface area contributed by atoms with E-state index in [2.05, 4.69) is 12.2 Å². The smallest absolute Gasteiger partial charge is 0.123 e. The van der Waals surface area contributed by atoms with E-state index in [1.807, 2.05) is 18.2 Å². The minimum absolute atomic E-state index is 0.219. The fourth-order valence-electron chi connectivity index (χ4n) is 1.63. The molecule has 2 rings (SSSR count). The molecule has 0 bridgehead atoms. The Morgan fingerprint density at radius 1 is 1.11 bits per heavy atom. The van der Waals surface area contributed by atoms with Gasteiger partial charge in [-0.1, -0.05) is 36.4 Å². The Hall–Kier alpha value is -1.03. The van der Waals surface area contributed by atoms with Crippen LogP contribution in [-0.4, -0.2) is 6.54 Å². The van der Waals surface area contributed by atoms with Gasteiger partial charge in [-0.3, -0.25) is 0 Å². The van der Waals surface area contributed by atoms with E-state index in [9.17, 15) is 4.39 Å². The van der Waals surface area contributed by atoms with Crippen molar-refractivity contribution in [3.63, 3.8) is 0 Å². The predicted molar refractivity (Wildman–Crippen MR) is 79.4 cm³/mol. The summed E-state index contributed by atoms with van der Waals surface area (Å²) in [4.78, 5) is 2.05. The van der Waals surface area contributed by atoms with Gasteiger partial charge in [0.2, 0.25) is 0 Å². The quantitative estimate of drug-likeness (QED) is 0.855. The molecule has 2 aromatic rings. The van der Waals surface area contributed by atoms with Gasteiger partial charge in [-0.25, -0.2) is 4.39 Å². The summed E-state index contributed by atoms with van der Waals surface area (Å²) in [7, 11) is 0. The van der Waals surface area contributed by atoms with Crippen molar-refractivity contribution < 1.29 is 4.39 Å². The maximum atomic E-state index is 12.8. The predicted octanol–water partition coefficient (Wildman–Crippen LogP) is 4.74. The average Bonchev–Trinajstić information content (AvgIpc) is 2.41. The second-order valence-corrected chi connectivity index (χ2v) is 5.64. The van der Waals surface area contributed by atoms with E-state index in [1.165, 1.54) is 12.1 Å². The minimum atomic E-state index is -0.219. The molecule has 0 atom stereocenters. The average molecular weight is 296 g/mol. The summed E-state index contributed by atoms with van der Waals surface area (Å²) in [5.74, 6) is -0.219. The van der Waals surface area contributed by atoms with Crippen LogP contribution in [0.1, 0.15) is 12.5 Å². The highest BCUT2D eigenvalue weighted by atomic mass is 35.5. The molecular formula is C15H15ClFNS. The Balaban J connectivity index is 2.09. The largest absolute Gasteiger partial charge is 0.313 e. The molecule has 0 aliphatic rings. The molecule has 0 radical (unpaired) electrons. The maximum Gasteiger partial charge on any atom is 0.123 e. The molecular weight excluding hydrogens is 281 g/mol. The van der Waals surface area contributed by atoms with E-state index in [0.29, 0.717) is 0 Å². The van der Waals surface area contributed by atoms with E-state index in [4.69, 9.17) is 11.6 Å². The summed E-state index contributed by atoms with van der Waals surface area (Å²) in [6.07, 6.45) is 0. The van der Waals surface area contributed by atoms with Crippen molar-refractivity contribution >= 4 is 23.4 Å². The first kappa shape index (κ1) is 14.4. The fraction of sp³-hybridized carbons (Fsp3) is 0.200. The molecule has 0 unspecified atom stereocenters. The molecule has 0 heterocycles. The van der Waals surface area contributed by atoms with Crippen molar-refractivity contribution in [3.8, 4) is 0 Å². The van der Waals surface area contributed by atoms with Gasteiger partial charge in [0.15, 0.2) is 0 Å². The second kappa shape index (κ2) is 6.94. The molecule has 1 nitrogen and oxygen atoms in total. The SMILES string of the molecule is CCNCc1ccc(Sc2ccc(F)cc2)cc1Cl. The number of hydrogen-bond donors (Lipinski definition) is 1. The van der Waals surface area contributed by atoms with E-state index in [0.717, 1.165) is 33.5 Å². The summed E-state index contributed by atoms with van der Waals surface area (Å²) < 4.78 is 12.8. The summed E-state index contributed by atoms with van der Waals surface area (Å²) in [6, 6.07) is 12.5. The van der Waals surface area contributed by atoms with Crippen LogP contribution in [0.2, 0.25) is 5.02 Å². The van der Waals surface area contributed by atoms with Crippen LogP contribution in [0.5, 0.6) is 0 Å². The van der Waals surface area contributed by atoms with Crippen LogP contribution in [0, 0.1) is 5.82 Å². The van der Waals surface area contributed by atoms with Gasteiger partial charge < -0.3 is 5.32 Å². The lowest BCUT2D eigenvalue weighted by Crippen LogP contribution is -2.11. The standard InChI is InChI=1S/C15H15ClFNS/c1-2-18-10-11-3-6-14(9-15(11)16)19-13-7-4-12(17)5-8-13/h3-9,18H,2,10H2,1H3. The lowest BCUT2D eigenvalue weighted by molar-refractivity contribution is 0.626. The number of rotatable bonds is 5. The highest BCUT2D eigenvalue weighted by Crippen LogP contribution is 2.30. The van der Waals surface area contributed by atoms with Gasteiger partial charge in [0.25, 0.3) is 0 Å². The molecule has 0 amide bonds. The van der Waals surface area contributed by atoms with Crippen molar-refractivity contribution in [1.82, 2.24) is 5.32 Å². The van der Waals surface area contributed by atoms with Crippen LogP contribution in [0.4, 0.5) is 4.39 Å². The number of halogens is 2. The zero-order valence-electron chi connectivity index (χ0n) is 10.6. The molecule has 0 aliphatic heterocycles. The van der Waals surface area contributed by atoms with Crippen LogP contribution >= 0.6 is 23.4 Å². The highest BCUT2D eigenvalue weighted by Gasteiger charge is 2.03. The Bertz CT molecular complexity index is 542. The normalized spacial score (nSPS) is 10.7. The van der Waals surface area contributed by atoms with Crippen molar-refractivity contribution in [3.05, 3.63) is 58.9 Å². The summed E-state index contributed by atoms with van der Waals surface area (Å²) in [6.45, 7) is 3.76. The maximum absolute atomic E-state index is 12.8. The molecule has 100 valence electrons. The first-order valence-corrected chi connectivity index (χ1v) is 7.31. The number of benzene rings is 2. The van der Waals surface area contributed by atoms with Crippen LogP contribution in [0.3, 0.4) is 0 Å². The molecule has 0 saturated carbocycles. The van der Waals surface area contributed by atoms with Gasteiger partial charge >= 0.3 is 0 Å². The molecule has 0 aliphatic carbocycles. The molecule has 2 aromatic carbocycles. The molecule has 4 heteroatoms. The third-order valence-corrected chi connectivity index (χ3v) is 3.99. The highest BCUT2D eigenvalue weighted by molar-refractivity contribution is 7.99. The van der Waals surface area contributed by atoms with Gasteiger partial charge in [0, 0.05) is 21.4 Å². The van der Waals surface area contributed by atoms with Crippen molar-refractivity contribution in [2.45, 2.75) is 23.3 Å². The van der Waals surface area contributed by atoms with E-state index in [-0.39, 0.29) is 5.82 Å². The van der Waals surface area contributed by atoms with E-state index >= 15 is 0 Å². The third-order valence-electron chi connectivity index (χ3n) is 2.64. The lowest BCUT2D eigenvalue weighted by atomic mass is 10.2. The van der Waals surface area contributed by atoms with Crippen LogP contribution in [0.25, 0.3) is 0 Å².